The molecule has 1 saturated carbocycles. The topological polar surface area (TPSA) is 127 Å². The highest BCUT2D eigenvalue weighted by atomic mass is 16.6. The molecule has 4 atom stereocenters. The normalized spacial score (nSPS) is 38.1. The highest BCUT2D eigenvalue weighted by Gasteiger charge is 2.77. The second kappa shape index (κ2) is 4.28. The molecule has 0 heterocycles. The second-order valence-corrected chi connectivity index (χ2v) is 4.37. The predicted octanol–water partition coefficient (Wildman–Crippen LogP) is -0.735. The lowest BCUT2D eigenvalue weighted by Gasteiger charge is -2.58. The van der Waals surface area contributed by atoms with Crippen LogP contribution in [0.4, 0.5) is 0 Å². The summed E-state index contributed by atoms with van der Waals surface area (Å²) < 4.78 is 9.24. The van der Waals surface area contributed by atoms with Crippen molar-refractivity contribution < 1.29 is 38.9 Å². The van der Waals surface area contributed by atoms with E-state index in [4.69, 9.17) is 10.2 Å². The van der Waals surface area contributed by atoms with Crippen LogP contribution >= 0.6 is 0 Å². The summed E-state index contributed by atoms with van der Waals surface area (Å²) in [6, 6.07) is 0. The van der Waals surface area contributed by atoms with Crippen molar-refractivity contribution in [2.24, 2.45) is 11.3 Å². The zero-order chi connectivity index (χ0) is 14.1. The molecule has 1 fully saturated rings. The zero-order valence-electron chi connectivity index (χ0n) is 9.65. The molecule has 2 N–H and O–H groups in total. The smallest absolute Gasteiger partial charge is 0.314 e. The molecule has 0 aromatic heterocycles. The second-order valence-electron chi connectivity index (χ2n) is 4.37. The minimum atomic E-state index is -1.86. The average molecular weight is 260 g/mol. The Balaban J connectivity index is 3.26. The molecule has 1 aliphatic carbocycles. The third kappa shape index (κ3) is 1.52. The van der Waals surface area contributed by atoms with Gasteiger partial charge in [0.1, 0.15) is 11.3 Å². The SMILES string of the molecule is CC1(OC=O)C(OC=O)C(C)(C(=O)O)C1C(=O)O. The first kappa shape index (κ1) is 13.9. The quantitative estimate of drug-likeness (QED) is 0.598. The van der Waals surface area contributed by atoms with E-state index in [2.05, 4.69) is 9.47 Å². The number of hydrogen-bond donors (Lipinski definition) is 2. The summed E-state index contributed by atoms with van der Waals surface area (Å²) in [6.07, 6.45) is -1.37. The number of carbonyl (C=O) groups is 4. The summed E-state index contributed by atoms with van der Waals surface area (Å²) >= 11 is 0. The summed E-state index contributed by atoms with van der Waals surface area (Å²) in [7, 11) is 0. The molecule has 1 aliphatic rings. The van der Waals surface area contributed by atoms with E-state index in [-0.39, 0.29) is 12.9 Å². The summed E-state index contributed by atoms with van der Waals surface area (Å²) in [5.41, 5.74) is -3.56. The van der Waals surface area contributed by atoms with Gasteiger partial charge in [0.15, 0.2) is 11.7 Å². The molecule has 18 heavy (non-hydrogen) atoms. The van der Waals surface area contributed by atoms with Gasteiger partial charge in [-0.1, -0.05) is 0 Å². The molecule has 0 aliphatic heterocycles. The van der Waals surface area contributed by atoms with Crippen molar-refractivity contribution in [3.05, 3.63) is 0 Å². The molecule has 0 spiro atoms. The molecule has 8 heteroatoms. The van der Waals surface area contributed by atoms with Gasteiger partial charge in [-0.3, -0.25) is 19.2 Å². The van der Waals surface area contributed by atoms with Gasteiger partial charge in [-0.15, -0.1) is 0 Å². The van der Waals surface area contributed by atoms with E-state index in [9.17, 15) is 19.2 Å². The number of carboxylic acid groups (broad SMARTS) is 2. The monoisotopic (exact) mass is 260 g/mol. The summed E-state index contributed by atoms with van der Waals surface area (Å²) in [6.45, 7) is 2.33. The first-order chi connectivity index (χ1) is 8.26. The molecule has 1 rings (SSSR count). The van der Waals surface area contributed by atoms with Crippen LogP contribution in [0.1, 0.15) is 13.8 Å². The van der Waals surface area contributed by atoms with Crippen LogP contribution in [0.25, 0.3) is 0 Å². The van der Waals surface area contributed by atoms with Crippen LogP contribution < -0.4 is 0 Å². The van der Waals surface area contributed by atoms with Gasteiger partial charge in [0.2, 0.25) is 0 Å². The third-order valence-corrected chi connectivity index (χ3v) is 3.44. The lowest BCUT2D eigenvalue weighted by molar-refractivity contribution is -0.274. The summed E-state index contributed by atoms with van der Waals surface area (Å²) in [5, 5.41) is 18.2. The fourth-order valence-electron chi connectivity index (χ4n) is 2.70. The van der Waals surface area contributed by atoms with E-state index in [1.807, 2.05) is 0 Å². The van der Waals surface area contributed by atoms with Gasteiger partial charge >= 0.3 is 11.9 Å². The number of carboxylic acids is 2. The Labute approximate surface area is 101 Å². The van der Waals surface area contributed by atoms with Crippen molar-refractivity contribution in [3.63, 3.8) is 0 Å². The van der Waals surface area contributed by atoms with Crippen LogP contribution in [0, 0.1) is 11.3 Å². The Morgan fingerprint density at radius 2 is 1.72 bits per heavy atom. The number of hydrogen-bond acceptors (Lipinski definition) is 6. The molecular formula is C10H12O8. The number of rotatable bonds is 6. The number of carbonyl (C=O) groups excluding carboxylic acids is 2. The largest absolute Gasteiger partial charge is 0.481 e. The molecule has 100 valence electrons. The van der Waals surface area contributed by atoms with Gasteiger partial charge in [0, 0.05) is 0 Å². The Morgan fingerprint density at radius 3 is 2.06 bits per heavy atom. The van der Waals surface area contributed by atoms with Gasteiger partial charge in [-0.25, -0.2) is 0 Å². The maximum Gasteiger partial charge on any atom is 0.314 e. The Bertz CT molecular complexity index is 405. The van der Waals surface area contributed by atoms with Gasteiger partial charge in [0.25, 0.3) is 12.9 Å². The van der Waals surface area contributed by atoms with Gasteiger partial charge in [-0.05, 0) is 13.8 Å². The van der Waals surface area contributed by atoms with E-state index in [0.29, 0.717) is 0 Å². The molecule has 0 aromatic carbocycles. The lowest BCUT2D eigenvalue weighted by atomic mass is 9.49. The van der Waals surface area contributed by atoms with Gasteiger partial charge in [-0.2, -0.15) is 0 Å². The Kier molecular flexibility index (Phi) is 3.32. The zero-order valence-corrected chi connectivity index (χ0v) is 9.65. The third-order valence-electron chi connectivity index (χ3n) is 3.44. The van der Waals surface area contributed by atoms with Crippen molar-refractivity contribution in [2.75, 3.05) is 0 Å². The summed E-state index contributed by atoms with van der Waals surface area (Å²) in [5.74, 6) is -4.42. The van der Waals surface area contributed by atoms with Crippen LogP contribution in [-0.2, 0) is 28.7 Å². The van der Waals surface area contributed by atoms with Gasteiger partial charge in [0.05, 0.1) is 0 Å². The molecule has 0 bridgehead atoms. The molecule has 0 saturated heterocycles. The van der Waals surface area contributed by atoms with Crippen LogP contribution in [-0.4, -0.2) is 46.8 Å². The van der Waals surface area contributed by atoms with E-state index in [0.717, 1.165) is 6.92 Å². The summed E-state index contributed by atoms with van der Waals surface area (Å²) in [4.78, 5) is 43.1. The minimum Gasteiger partial charge on any atom is -0.481 e. The first-order valence-corrected chi connectivity index (χ1v) is 4.93. The highest BCUT2D eigenvalue weighted by Crippen LogP contribution is 2.57. The van der Waals surface area contributed by atoms with Gasteiger partial charge < -0.3 is 19.7 Å². The van der Waals surface area contributed by atoms with Crippen LogP contribution in [0.3, 0.4) is 0 Å². The molecule has 8 nitrogen and oxygen atoms in total. The fraction of sp³-hybridized carbons (Fsp3) is 0.600. The van der Waals surface area contributed by atoms with E-state index in [1.165, 1.54) is 6.92 Å². The van der Waals surface area contributed by atoms with Crippen LogP contribution in [0.15, 0.2) is 0 Å². The molecule has 4 unspecified atom stereocenters. The van der Waals surface area contributed by atoms with E-state index in [1.54, 1.807) is 0 Å². The molecular weight excluding hydrogens is 248 g/mol. The maximum absolute atomic E-state index is 11.2. The lowest BCUT2D eigenvalue weighted by Crippen LogP contribution is -2.77. The standard InChI is InChI=1S/C10H12O8/c1-9(8(15)16)5(6(13)14)10(2,18-4-12)7(9)17-3-11/h3-5,7H,1-2H3,(H,13,14)(H,15,16). The van der Waals surface area contributed by atoms with Crippen molar-refractivity contribution in [1.29, 1.82) is 0 Å². The maximum atomic E-state index is 11.2. The molecule has 0 radical (unpaired) electrons. The van der Waals surface area contributed by atoms with E-state index >= 15 is 0 Å². The van der Waals surface area contributed by atoms with E-state index < -0.39 is 35.0 Å². The molecule has 0 amide bonds. The average Bonchev–Trinajstić information content (AvgIpc) is 2.25. The fourth-order valence-corrected chi connectivity index (χ4v) is 2.70. The Morgan fingerprint density at radius 1 is 1.17 bits per heavy atom. The number of aliphatic carboxylic acids is 2. The highest BCUT2D eigenvalue weighted by molar-refractivity contribution is 5.88. The van der Waals surface area contributed by atoms with Crippen molar-refractivity contribution in [1.82, 2.24) is 0 Å². The van der Waals surface area contributed by atoms with Crippen molar-refractivity contribution in [3.8, 4) is 0 Å². The Hall–Kier alpha value is -2.12. The number of ether oxygens (including phenoxy) is 2. The first-order valence-electron chi connectivity index (χ1n) is 4.93. The van der Waals surface area contributed by atoms with Crippen LogP contribution in [0.5, 0.6) is 0 Å². The van der Waals surface area contributed by atoms with Crippen molar-refractivity contribution in [2.45, 2.75) is 25.6 Å². The minimum absolute atomic E-state index is 0.00146. The van der Waals surface area contributed by atoms with Crippen LogP contribution in [0.2, 0.25) is 0 Å². The molecule has 0 aromatic rings. The predicted molar refractivity (Wildman–Crippen MR) is 53.4 cm³/mol. The van der Waals surface area contributed by atoms with Crippen molar-refractivity contribution >= 4 is 24.9 Å².